The molecular weight excluding hydrogens is 318 g/mol. The van der Waals surface area contributed by atoms with Gasteiger partial charge >= 0.3 is 0 Å². The van der Waals surface area contributed by atoms with Crippen LogP contribution >= 0.6 is 0 Å². The highest BCUT2D eigenvalue weighted by Gasteiger charge is 2.33. The van der Waals surface area contributed by atoms with Crippen molar-refractivity contribution in [2.45, 2.75) is 25.0 Å². The van der Waals surface area contributed by atoms with Crippen molar-refractivity contribution in [3.8, 4) is 0 Å². The molecule has 1 fully saturated rings. The molecule has 1 aromatic rings. The monoisotopic (exact) mass is 339 g/mol. The Kier molecular flexibility index (Phi) is 5.06. The quantitative estimate of drug-likeness (QED) is 0.785. The van der Waals surface area contributed by atoms with Crippen molar-refractivity contribution >= 4 is 27.5 Å². The number of anilines is 1. The minimum atomic E-state index is -3.70. The molecule has 0 aliphatic heterocycles. The van der Waals surface area contributed by atoms with Crippen LogP contribution in [0.3, 0.4) is 0 Å². The topological polar surface area (TPSA) is 110 Å². The van der Waals surface area contributed by atoms with Crippen molar-refractivity contribution in [2.75, 3.05) is 18.5 Å². The summed E-state index contributed by atoms with van der Waals surface area (Å²) in [5.74, 6) is -0.409. The summed E-state index contributed by atoms with van der Waals surface area (Å²) in [5, 5.41) is 6.69. The lowest BCUT2D eigenvalue weighted by molar-refractivity contribution is -0.119. The highest BCUT2D eigenvalue weighted by Crippen LogP contribution is 2.33. The molecule has 1 saturated carbocycles. The minimum absolute atomic E-state index is 0.0110. The molecule has 2 rings (SSSR count). The van der Waals surface area contributed by atoms with E-state index in [1.807, 2.05) is 0 Å². The average Bonchev–Trinajstić information content (AvgIpc) is 3.34. The fourth-order valence-electron chi connectivity index (χ4n) is 2.13. The SMILES string of the molecule is C[C@H](CNC(=O)c1ccccc1N(C)C(=O)C1CC1)S(N)(=O)=O. The zero-order valence-electron chi connectivity index (χ0n) is 13.2. The van der Waals surface area contributed by atoms with Gasteiger partial charge < -0.3 is 10.2 Å². The van der Waals surface area contributed by atoms with Crippen LogP contribution in [-0.2, 0) is 14.8 Å². The number of benzene rings is 1. The third-order valence-electron chi connectivity index (χ3n) is 3.88. The maximum absolute atomic E-state index is 12.3. The molecule has 2 amide bonds. The number of carbonyl (C=O) groups excluding carboxylic acids is 2. The first kappa shape index (κ1) is 17.4. The van der Waals surface area contributed by atoms with Crippen LogP contribution in [0, 0.1) is 5.92 Å². The van der Waals surface area contributed by atoms with Gasteiger partial charge in [0.05, 0.1) is 16.5 Å². The Hall–Kier alpha value is -1.93. The molecule has 1 aliphatic rings. The van der Waals surface area contributed by atoms with Crippen LogP contribution in [0.4, 0.5) is 5.69 Å². The summed E-state index contributed by atoms with van der Waals surface area (Å²) in [6, 6.07) is 6.73. The first-order valence-electron chi connectivity index (χ1n) is 7.38. The maximum Gasteiger partial charge on any atom is 0.253 e. The molecule has 0 aromatic heterocycles. The number of sulfonamides is 1. The summed E-state index contributed by atoms with van der Waals surface area (Å²) in [4.78, 5) is 26.0. The van der Waals surface area contributed by atoms with Crippen LogP contribution in [0.2, 0.25) is 0 Å². The molecule has 0 bridgehead atoms. The molecule has 0 heterocycles. The van der Waals surface area contributed by atoms with Gasteiger partial charge in [-0.1, -0.05) is 12.1 Å². The van der Waals surface area contributed by atoms with Crippen molar-refractivity contribution in [3.63, 3.8) is 0 Å². The van der Waals surface area contributed by atoms with E-state index < -0.39 is 21.2 Å². The van der Waals surface area contributed by atoms with Crippen LogP contribution in [0.5, 0.6) is 0 Å². The van der Waals surface area contributed by atoms with Gasteiger partial charge in [-0.25, -0.2) is 13.6 Å². The fourth-order valence-corrected chi connectivity index (χ4v) is 2.44. The summed E-state index contributed by atoms with van der Waals surface area (Å²) in [6.07, 6.45) is 1.76. The summed E-state index contributed by atoms with van der Waals surface area (Å²) < 4.78 is 22.4. The van der Waals surface area contributed by atoms with Gasteiger partial charge in [-0.3, -0.25) is 9.59 Å². The largest absolute Gasteiger partial charge is 0.351 e. The number of amides is 2. The Bertz CT molecular complexity index is 713. The Morgan fingerprint density at radius 3 is 2.52 bits per heavy atom. The molecule has 3 N–H and O–H groups in total. The predicted octanol–water partition coefficient (Wildman–Crippen LogP) is 0.466. The lowest BCUT2D eigenvalue weighted by Crippen LogP contribution is -2.38. The molecule has 0 radical (unpaired) electrons. The van der Waals surface area contributed by atoms with Gasteiger partial charge in [-0.2, -0.15) is 0 Å². The van der Waals surface area contributed by atoms with Crippen LogP contribution in [0.1, 0.15) is 30.1 Å². The molecule has 1 aromatic carbocycles. The van der Waals surface area contributed by atoms with Crippen LogP contribution in [0.25, 0.3) is 0 Å². The summed E-state index contributed by atoms with van der Waals surface area (Å²) in [5.41, 5.74) is 0.829. The highest BCUT2D eigenvalue weighted by atomic mass is 32.2. The van der Waals surface area contributed by atoms with E-state index in [0.717, 1.165) is 12.8 Å². The van der Waals surface area contributed by atoms with Gasteiger partial charge in [0, 0.05) is 19.5 Å². The molecule has 7 nitrogen and oxygen atoms in total. The van der Waals surface area contributed by atoms with E-state index in [4.69, 9.17) is 5.14 Å². The summed E-state index contributed by atoms with van der Waals surface area (Å²) >= 11 is 0. The highest BCUT2D eigenvalue weighted by molar-refractivity contribution is 7.89. The van der Waals surface area contributed by atoms with Gasteiger partial charge in [0.1, 0.15) is 0 Å². The predicted molar refractivity (Wildman–Crippen MR) is 87.5 cm³/mol. The summed E-state index contributed by atoms with van der Waals surface area (Å²) in [6.45, 7) is 1.33. The van der Waals surface area contributed by atoms with Crippen molar-refractivity contribution in [1.82, 2.24) is 5.32 Å². The lowest BCUT2D eigenvalue weighted by atomic mass is 10.1. The third-order valence-corrected chi connectivity index (χ3v) is 5.17. The van der Waals surface area contributed by atoms with E-state index in [9.17, 15) is 18.0 Å². The van der Waals surface area contributed by atoms with Crippen LogP contribution < -0.4 is 15.4 Å². The molecule has 0 spiro atoms. The first-order valence-corrected chi connectivity index (χ1v) is 8.99. The number of nitrogens with zero attached hydrogens (tertiary/aromatic N) is 1. The lowest BCUT2D eigenvalue weighted by Gasteiger charge is -2.20. The second-order valence-electron chi connectivity index (χ2n) is 5.80. The molecule has 126 valence electrons. The Morgan fingerprint density at radius 2 is 1.96 bits per heavy atom. The molecule has 0 saturated heterocycles. The smallest absolute Gasteiger partial charge is 0.253 e. The average molecular weight is 339 g/mol. The minimum Gasteiger partial charge on any atom is -0.351 e. The van der Waals surface area contributed by atoms with E-state index >= 15 is 0 Å². The van der Waals surface area contributed by atoms with E-state index in [2.05, 4.69) is 5.32 Å². The molecule has 1 aliphatic carbocycles. The van der Waals surface area contributed by atoms with Crippen LogP contribution in [0.15, 0.2) is 24.3 Å². The van der Waals surface area contributed by atoms with E-state index in [-0.39, 0.29) is 18.4 Å². The summed E-state index contributed by atoms with van der Waals surface area (Å²) in [7, 11) is -2.06. The molecular formula is C15H21N3O4S. The zero-order valence-corrected chi connectivity index (χ0v) is 14.0. The standard InChI is InChI=1S/C15H21N3O4S/c1-10(23(16,21)22)9-17-14(19)12-5-3-4-6-13(12)18(2)15(20)11-7-8-11/h3-6,10-11H,7-9H2,1-2H3,(H,17,19)(H2,16,21,22)/t10-/m1/s1. The van der Waals surface area contributed by atoms with Gasteiger partial charge in [-0.15, -0.1) is 0 Å². The normalized spacial score (nSPS) is 15.8. The number of para-hydroxylation sites is 1. The third kappa shape index (κ3) is 4.29. The van der Waals surface area contributed by atoms with Gasteiger partial charge in [0.15, 0.2) is 0 Å². The number of hydrogen-bond donors (Lipinski definition) is 2. The van der Waals surface area contributed by atoms with Crippen LogP contribution in [-0.4, -0.2) is 39.1 Å². The Labute approximate surface area is 135 Å². The van der Waals surface area contributed by atoms with Gasteiger partial charge in [-0.05, 0) is 31.9 Å². The Balaban J connectivity index is 2.13. The number of nitrogens with two attached hydrogens (primary N) is 1. The first-order chi connectivity index (χ1) is 10.7. The maximum atomic E-state index is 12.3. The zero-order chi connectivity index (χ0) is 17.2. The van der Waals surface area contributed by atoms with E-state index in [0.29, 0.717) is 11.3 Å². The van der Waals surface area contributed by atoms with Crippen molar-refractivity contribution in [2.24, 2.45) is 11.1 Å². The molecule has 0 unspecified atom stereocenters. The van der Waals surface area contributed by atoms with Crippen molar-refractivity contribution in [1.29, 1.82) is 0 Å². The number of hydrogen-bond acceptors (Lipinski definition) is 4. The van der Waals surface area contributed by atoms with E-state index in [1.165, 1.54) is 11.8 Å². The second-order valence-corrected chi connectivity index (χ2v) is 7.78. The van der Waals surface area contributed by atoms with Gasteiger partial charge in [0.2, 0.25) is 15.9 Å². The van der Waals surface area contributed by atoms with Crippen molar-refractivity contribution in [3.05, 3.63) is 29.8 Å². The fraction of sp³-hybridized carbons (Fsp3) is 0.467. The number of primary sulfonamides is 1. The number of carbonyl (C=O) groups is 2. The molecule has 1 atom stereocenters. The van der Waals surface area contributed by atoms with E-state index in [1.54, 1.807) is 31.3 Å². The molecule has 8 heteroatoms. The number of rotatable bonds is 6. The Morgan fingerprint density at radius 1 is 1.35 bits per heavy atom. The van der Waals surface area contributed by atoms with Crippen molar-refractivity contribution < 1.29 is 18.0 Å². The molecule has 23 heavy (non-hydrogen) atoms. The second kappa shape index (κ2) is 6.67. The number of nitrogens with one attached hydrogen (secondary N) is 1. The van der Waals surface area contributed by atoms with Gasteiger partial charge in [0.25, 0.3) is 5.91 Å².